The Morgan fingerprint density at radius 1 is 1.22 bits per heavy atom. The Kier molecular flexibility index (Phi) is 4.86. The molecule has 27 heavy (non-hydrogen) atoms. The molecule has 8 nitrogen and oxygen atoms in total. The topological polar surface area (TPSA) is 95.0 Å². The maximum absolute atomic E-state index is 12.3. The lowest BCUT2D eigenvalue weighted by atomic mass is 10.1. The first-order chi connectivity index (χ1) is 13.2. The molecule has 1 aromatic carbocycles. The Bertz CT molecular complexity index is 970. The van der Waals surface area contributed by atoms with Crippen molar-refractivity contribution in [2.75, 3.05) is 6.54 Å². The number of carbonyl (C=O) groups excluding carboxylic acids is 1. The van der Waals surface area contributed by atoms with Crippen molar-refractivity contribution < 1.29 is 9.21 Å². The van der Waals surface area contributed by atoms with E-state index in [-0.39, 0.29) is 11.6 Å². The van der Waals surface area contributed by atoms with Crippen molar-refractivity contribution in [1.82, 2.24) is 24.6 Å². The molecule has 0 aliphatic carbocycles. The normalized spacial score (nSPS) is 13.3. The van der Waals surface area contributed by atoms with E-state index in [1.54, 1.807) is 22.9 Å². The van der Waals surface area contributed by atoms with E-state index in [1.165, 1.54) is 11.1 Å². The monoisotopic (exact) mass is 367 g/mol. The molecule has 0 saturated heterocycles. The van der Waals surface area contributed by atoms with Gasteiger partial charge in [-0.3, -0.25) is 9.36 Å². The van der Waals surface area contributed by atoms with Crippen LogP contribution in [0.4, 0.5) is 0 Å². The predicted octanol–water partition coefficient (Wildman–Crippen LogP) is 1.86. The summed E-state index contributed by atoms with van der Waals surface area (Å²) in [4.78, 5) is 28.4. The summed E-state index contributed by atoms with van der Waals surface area (Å²) in [5.41, 5.74) is 1.40. The molecule has 1 N–H and O–H groups in total. The van der Waals surface area contributed by atoms with Gasteiger partial charge in [0, 0.05) is 37.2 Å². The summed E-state index contributed by atoms with van der Waals surface area (Å²) >= 11 is 0. The number of aryl methyl sites for hydroxylation is 2. The zero-order valence-electron chi connectivity index (χ0n) is 14.9. The van der Waals surface area contributed by atoms with Crippen molar-refractivity contribution >= 4 is 5.91 Å². The van der Waals surface area contributed by atoms with Crippen LogP contribution in [0, 0.1) is 0 Å². The van der Waals surface area contributed by atoms with E-state index in [0.717, 1.165) is 37.2 Å². The van der Waals surface area contributed by atoms with Gasteiger partial charge in [0.25, 0.3) is 5.91 Å². The quantitative estimate of drug-likeness (QED) is 0.671. The fourth-order valence-electron chi connectivity index (χ4n) is 3.27. The number of oxazole rings is 1. The van der Waals surface area contributed by atoms with Crippen LogP contribution >= 0.6 is 0 Å². The smallest absolute Gasteiger partial charge is 0.345 e. The first-order valence-corrected chi connectivity index (χ1v) is 9.16. The Morgan fingerprint density at radius 3 is 2.81 bits per heavy atom. The van der Waals surface area contributed by atoms with Crippen LogP contribution in [0.3, 0.4) is 0 Å². The van der Waals surface area contributed by atoms with E-state index in [1.807, 2.05) is 12.1 Å². The molecular weight excluding hydrogens is 346 g/mol. The van der Waals surface area contributed by atoms with Crippen LogP contribution in [0.15, 0.2) is 46.1 Å². The number of amides is 1. The maximum Gasteiger partial charge on any atom is 0.345 e. The summed E-state index contributed by atoms with van der Waals surface area (Å²) in [6.45, 7) is 1.75. The first-order valence-electron chi connectivity index (χ1n) is 9.16. The second-order valence-corrected chi connectivity index (χ2v) is 6.58. The van der Waals surface area contributed by atoms with Gasteiger partial charge in [0.15, 0.2) is 12.2 Å². The van der Waals surface area contributed by atoms with Crippen molar-refractivity contribution in [2.45, 2.75) is 38.8 Å². The number of aromatic nitrogens is 4. The maximum atomic E-state index is 12.3. The van der Waals surface area contributed by atoms with Crippen LogP contribution in [0.5, 0.6) is 0 Å². The lowest BCUT2D eigenvalue weighted by molar-refractivity contribution is 0.0952. The molecule has 0 atom stereocenters. The molecule has 8 heteroatoms. The second-order valence-electron chi connectivity index (χ2n) is 6.58. The number of nitrogens with zero attached hydrogens (tertiary/aromatic N) is 4. The third kappa shape index (κ3) is 3.69. The number of rotatable bonds is 6. The van der Waals surface area contributed by atoms with Crippen molar-refractivity contribution in [3.05, 3.63) is 58.7 Å². The lowest BCUT2D eigenvalue weighted by Crippen LogP contribution is -2.29. The van der Waals surface area contributed by atoms with Gasteiger partial charge in [-0.25, -0.2) is 14.5 Å². The molecule has 0 radical (unpaired) electrons. The molecule has 1 amide bonds. The van der Waals surface area contributed by atoms with E-state index < -0.39 is 0 Å². The zero-order valence-corrected chi connectivity index (χ0v) is 14.9. The summed E-state index contributed by atoms with van der Waals surface area (Å²) in [5, 5.41) is 7.28. The fourth-order valence-corrected chi connectivity index (χ4v) is 3.27. The third-order valence-electron chi connectivity index (χ3n) is 4.73. The van der Waals surface area contributed by atoms with Crippen LogP contribution in [-0.4, -0.2) is 31.8 Å². The molecule has 1 aliphatic heterocycles. The summed E-state index contributed by atoms with van der Waals surface area (Å²) in [6.07, 6.45) is 6.63. The SMILES string of the molecule is O=C(NCCCn1nc2n(c1=O)CCCC2)c1ccc(-c2cnco2)cc1. The minimum Gasteiger partial charge on any atom is -0.444 e. The number of carbonyl (C=O) groups is 1. The summed E-state index contributed by atoms with van der Waals surface area (Å²) < 4.78 is 8.51. The Labute approximate surface area is 155 Å². The van der Waals surface area contributed by atoms with Gasteiger partial charge in [-0.15, -0.1) is 0 Å². The first kappa shape index (κ1) is 17.3. The molecule has 0 unspecified atom stereocenters. The van der Waals surface area contributed by atoms with Crippen molar-refractivity contribution in [1.29, 1.82) is 0 Å². The molecule has 140 valence electrons. The van der Waals surface area contributed by atoms with Crippen LogP contribution in [-0.2, 0) is 19.5 Å². The highest BCUT2D eigenvalue weighted by molar-refractivity contribution is 5.94. The Morgan fingerprint density at radius 2 is 2.07 bits per heavy atom. The van der Waals surface area contributed by atoms with Gasteiger partial charge in [0.2, 0.25) is 0 Å². The minimum absolute atomic E-state index is 0.0426. The van der Waals surface area contributed by atoms with E-state index in [9.17, 15) is 9.59 Å². The van der Waals surface area contributed by atoms with Crippen molar-refractivity contribution in [3.8, 4) is 11.3 Å². The fraction of sp³-hybridized carbons (Fsp3) is 0.368. The number of benzene rings is 1. The van der Waals surface area contributed by atoms with E-state index in [2.05, 4.69) is 15.4 Å². The second kappa shape index (κ2) is 7.61. The molecule has 0 spiro atoms. The van der Waals surface area contributed by atoms with E-state index in [4.69, 9.17) is 4.42 Å². The van der Waals surface area contributed by atoms with Gasteiger partial charge in [-0.05, 0) is 31.4 Å². The minimum atomic E-state index is -0.143. The summed E-state index contributed by atoms with van der Waals surface area (Å²) in [5.74, 6) is 1.40. The number of nitrogens with one attached hydrogen (secondary N) is 1. The standard InChI is InChI=1S/C19H21N5O3/c25-18(15-7-5-14(6-8-15)16-12-20-13-27-16)21-9-3-11-24-19(26)23-10-2-1-4-17(23)22-24/h5-8,12-13H,1-4,9-11H2,(H,21,25). The molecule has 1 aliphatic rings. The largest absolute Gasteiger partial charge is 0.444 e. The zero-order chi connectivity index (χ0) is 18.6. The van der Waals surface area contributed by atoms with Gasteiger partial charge >= 0.3 is 5.69 Å². The van der Waals surface area contributed by atoms with Crippen LogP contribution < -0.4 is 11.0 Å². The van der Waals surface area contributed by atoms with Crippen LogP contribution in [0.2, 0.25) is 0 Å². The molecule has 2 aromatic heterocycles. The third-order valence-corrected chi connectivity index (χ3v) is 4.73. The number of hydrogen-bond donors (Lipinski definition) is 1. The van der Waals surface area contributed by atoms with Crippen LogP contribution in [0.25, 0.3) is 11.3 Å². The highest BCUT2D eigenvalue weighted by Crippen LogP contribution is 2.18. The van der Waals surface area contributed by atoms with Gasteiger partial charge in [-0.1, -0.05) is 12.1 Å². The summed E-state index contributed by atoms with van der Waals surface area (Å²) in [7, 11) is 0. The molecule has 0 fully saturated rings. The lowest BCUT2D eigenvalue weighted by Gasteiger charge is -2.09. The highest BCUT2D eigenvalue weighted by atomic mass is 16.3. The van der Waals surface area contributed by atoms with Gasteiger partial charge in [-0.2, -0.15) is 5.10 Å². The number of hydrogen-bond acceptors (Lipinski definition) is 5. The van der Waals surface area contributed by atoms with Crippen LogP contribution in [0.1, 0.15) is 35.4 Å². The van der Waals surface area contributed by atoms with E-state index in [0.29, 0.717) is 30.8 Å². The average Bonchev–Trinajstić information content (AvgIpc) is 3.34. The molecule has 0 saturated carbocycles. The Hall–Kier alpha value is -3.16. The van der Waals surface area contributed by atoms with Gasteiger partial charge in [0.05, 0.1) is 6.20 Å². The molecule has 3 aromatic rings. The average molecular weight is 367 g/mol. The van der Waals surface area contributed by atoms with Gasteiger partial charge < -0.3 is 9.73 Å². The predicted molar refractivity (Wildman–Crippen MR) is 98.3 cm³/mol. The number of fused-ring (bicyclic) bond motifs is 1. The molecule has 0 bridgehead atoms. The molecule has 3 heterocycles. The van der Waals surface area contributed by atoms with Crippen molar-refractivity contribution in [2.24, 2.45) is 0 Å². The Balaban J connectivity index is 1.29. The summed E-state index contributed by atoms with van der Waals surface area (Å²) in [6, 6.07) is 7.15. The molecule has 4 rings (SSSR count). The molecular formula is C19H21N5O3. The highest BCUT2D eigenvalue weighted by Gasteiger charge is 2.16. The van der Waals surface area contributed by atoms with Gasteiger partial charge in [0.1, 0.15) is 5.82 Å². The van der Waals surface area contributed by atoms with E-state index >= 15 is 0 Å². The van der Waals surface area contributed by atoms with Crippen molar-refractivity contribution in [3.63, 3.8) is 0 Å².